The van der Waals surface area contributed by atoms with E-state index >= 15 is 0 Å². The molecule has 0 unspecified atom stereocenters. The Balaban J connectivity index is 1.59. The zero-order chi connectivity index (χ0) is 27.4. The third kappa shape index (κ3) is 5.99. The highest BCUT2D eigenvalue weighted by atomic mass is 35.5. The van der Waals surface area contributed by atoms with E-state index in [2.05, 4.69) is 0 Å². The van der Waals surface area contributed by atoms with Crippen molar-refractivity contribution in [3.63, 3.8) is 0 Å². The van der Waals surface area contributed by atoms with E-state index in [0.717, 1.165) is 0 Å². The standard InChI is InChI=1S/C26H32Cl2N2O7S/c1-35-24-7-6-20(15-25(24)36-2)37-11-9-29-16-17(8-10-31)22-4-3-5-23(26(29)32)30(22)38(33,34)21-13-18(27)12-19(28)14-21/h6-7,12-15,17,22-23,31H,3-5,8-11,16H2,1-2H3/t17-,22+,23-/m0/s1. The number of halogens is 2. The summed E-state index contributed by atoms with van der Waals surface area (Å²) in [6, 6.07) is 8.05. The maximum atomic E-state index is 13.9. The minimum Gasteiger partial charge on any atom is -0.493 e. The molecule has 2 aliphatic heterocycles. The van der Waals surface area contributed by atoms with Crippen LogP contribution in [0.3, 0.4) is 0 Å². The fourth-order valence-electron chi connectivity index (χ4n) is 5.36. The fraction of sp³-hybridized carbons (Fsp3) is 0.500. The lowest BCUT2D eigenvalue weighted by atomic mass is 9.88. The molecule has 2 bridgehead atoms. The van der Waals surface area contributed by atoms with E-state index in [1.165, 1.54) is 29.6 Å². The summed E-state index contributed by atoms with van der Waals surface area (Å²) in [4.78, 5) is 15.4. The average molecular weight is 588 g/mol. The smallest absolute Gasteiger partial charge is 0.244 e. The first-order chi connectivity index (χ1) is 18.2. The third-order valence-electron chi connectivity index (χ3n) is 7.10. The molecule has 4 rings (SSSR count). The van der Waals surface area contributed by atoms with Crippen LogP contribution in [-0.2, 0) is 14.8 Å². The summed E-state index contributed by atoms with van der Waals surface area (Å²) in [5.74, 6) is 1.12. The summed E-state index contributed by atoms with van der Waals surface area (Å²) in [6.07, 6.45) is 2.07. The minimum atomic E-state index is -4.10. The van der Waals surface area contributed by atoms with Crippen LogP contribution in [0.25, 0.3) is 0 Å². The Morgan fingerprint density at radius 1 is 1.03 bits per heavy atom. The number of hydrogen-bond acceptors (Lipinski definition) is 7. The average Bonchev–Trinajstić information content (AvgIpc) is 2.96. The number of benzene rings is 2. The van der Waals surface area contributed by atoms with Crippen molar-refractivity contribution in [2.24, 2.45) is 5.92 Å². The summed E-state index contributed by atoms with van der Waals surface area (Å²) >= 11 is 12.2. The van der Waals surface area contributed by atoms with Gasteiger partial charge in [-0.25, -0.2) is 8.42 Å². The number of methoxy groups -OCH3 is 2. The molecule has 1 amide bonds. The van der Waals surface area contributed by atoms with Crippen LogP contribution in [-0.4, -0.2) is 81.2 Å². The summed E-state index contributed by atoms with van der Waals surface area (Å²) in [5.41, 5.74) is 0. The van der Waals surface area contributed by atoms with Gasteiger partial charge in [-0.3, -0.25) is 4.79 Å². The molecule has 0 spiro atoms. The highest BCUT2D eigenvalue weighted by Crippen LogP contribution is 2.39. The molecule has 0 radical (unpaired) electrons. The maximum Gasteiger partial charge on any atom is 0.244 e. The van der Waals surface area contributed by atoms with Gasteiger partial charge in [0.25, 0.3) is 0 Å². The zero-order valence-electron chi connectivity index (χ0n) is 21.3. The van der Waals surface area contributed by atoms with E-state index < -0.39 is 22.1 Å². The van der Waals surface area contributed by atoms with E-state index in [-0.39, 0.29) is 46.5 Å². The molecule has 2 aromatic rings. The van der Waals surface area contributed by atoms with Crippen molar-refractivity contribution in [2.45, 2.75) is 42.7 Å². The van der Waals surface area contributed by atoms with Gasteiger partial charge in [-0.2, -0.15) is 4.31 Å². The molecule has 2 saturated heterocycles. The van der Waals surface area contributed by atoms with Gasteiger partial charge in [-0.05, 0) is 61.9 Å². The van der Waals surface area contributed by atoms with Gasteiger partial charge in [-0.1, -0.05) is 23.2 Å². The Morgan fingerprint density at radius 2 is 1.74 bits per heavy atom. The molecule has 1 N–H and O–H groups in total. The molecule has 0 aromatic heterocycles. The molecule has 2 fully saturated rings. The second-order valence-corrected chi connectivity index (χ2v) is 12.1. The molecule has 0 aliphatic carbocycles. The first kappa shape index (κ1) is 28.8. The van der Waals surface area contributed by atoms with Crippen LogP contribution < -0.4 is 14.2 Å². The topological polar surface area (TPSA) is 106 Å². The number of piperidine rings is 1. The molecule has 0 saturated carbocycles. The van der Waals surface area contributed by atoms with Crippen molar-refractivity contribution in [2.75, 3.05) is 40.5 Å². The lowest BCUT2D eigenvalue weighted by Crippen LogP contribution is -2.55. The van der Waals surface area contributed by atoms with E-state index in [1.54, 1.807) is 30.2 Å². The Bertz CT molecular complexity index is 1240. The Labute approximate surface area is 233 Å². The number of amides is 1. The number of aliphatic hydroxyl groups is 1. The van der Waals surface area contributed by atoms with Crippen LogP contribution in [0.1, 0.15) is 25.7 Å². The number of nitrogens with zero attached hydrogens (tertiary/aromatic N) is 2. The molecule has 3 atom stereocenters. The van der Waals surface area contributed by atoms with Gasteiger partial charge in [0.2, 0.25) is 15.9 Å². The van der Waals surface area contributed by atoms with Gasteiger partial charge in [0.1, 0.15) is 18.4 Å². The third-order valence-corrected chi connectivity index (χ3v) is 9.45. The summed E-state index contributed by atoms with van der Waals surface area (Å²) in [5, 5.41) is 10.2. The monoisotopic (exact) mass is 586 g/mol. The molecule has 9 nitrogen and oxygen atoms in total. The Hall–Kier alpha value is -2.24. The molecule has 2 aliphatic rings. The largest absolute Gasteiger partial charge is 0.493 e. The van der Waals surface area contributed by atoms with E-state index in [9.17, 15) is 18.3 Å². The van der Waals surface area contributed by atoms with E-state index in [4.69, 9.17) is 37.4 Å². The number of sulfonamides is 1. The minimum absolute atomic E-state index is 0.0484. The molecular weight excluding hydrogens is 555 g/mol. The van der Waals surface area contributed by atoms with Crippen LogP contribution in [0.4, 0.5) is 0 Å². The molecule has 2 heterocycles. The number of aliphatic hydroxyl groups excluding tert-OH is 1. The fourth-order valence-corrected chi connectivity index (χ4v) is 7.98. The summed E-state index contributed by atoms with van der Waals surface area (Å²) in [6.45, 7) is 0.654. The van der Waals surface area contributed by atoms with Crippen LogP contribution >= 0.6 is 23.2 Å². The van der Waals surface area contributed by atoms with Gasteiger partial charge in [0, 0.05) is 35.3 Å². The number of ether oxygens (including phenoxy) is 3. The van der Waals surface area contributed by atoms with Crippen molar-refractivity contribution in [1.82, 2.24) is 9.21 Å². The van der Waals surface area contributed by atoms with Crippen LogP contribution in [0.5, 0.6) is 17.2 Å². The predicted octanol–water partition coefficient (Wildman–Crippen LogP) is 3.84. The van der Waals surface area contributed by atoms with Crippen molar-refractivity contribution in [3.05, 3.63) is 46.4 Å². The second-order valence-electron chi connectivity index (χ2n) is 9.38. The highest BCUT2D eigenvalue weighted by molar-refractivity contribution is 7.89. The summed E-state index contributed by atoms with van der Waals surface area (Å²) in [7, 11) is -1.01. The number of fused-ring (bicyclic) bond motifs is 2. The molecule has 12 heteroatoms. The normalized spacial score (nSPS) is 22.2. The van der Waals surface area contributed by atoms with E-state index in [0.29, 0.717) is 49.5 Å². The Kier molecular flexibility index (Phi) is 9.31. The zero-order valence-corrected chi connectivity index (χ0v) is 23.6. The lowest BCUT2D eigenvalue weighted by molar-refractivity contribution is -0.135. The van der Waals surface area contributed by atoms with Crippen LogP contribution in [0.15, 0.2) is 41.3 Å². The number of carbonyl (C=O) groups is 1. The predicted molar refractivity (Wildman–Crippen MR) is 144 cm³/mol. The van der Waals surface area contributed by atoms with Gasteiger partial charge in [0.15, 0.2) is 11.5 Å². The van der Waals surface area contributed by atoms with Crippen LogP contribution in [0.2, 0.25) is 10.0 Å². The lowest BCUT2D eigenvalue weighted by Gasteiger charge is -2.40. The van der Waals surface area contributed by atoms with Gasteiger partial charge < -0.3 is 24.2 Å². The van der Waals surface area contributed by atoms with Crippen molar-refractivity contribution < 1.29 is 32.5 Å². The van der Waals surface area contributed by atoms with Gasteiger partial charge in [0.05, 0.1) is 25.7 Å². The Morgan fingerprint density at radius 3 is 2.39 bits per heavy atom. The molecule has 38 heavy (non-hydrogen) atoms. The van der Waals surface area contributed by atoms with Gasteiger partial charge >= 0.3 is 0 Å². The number of rotatable bonds is 10. The molecule has 2 aromatic carbocycles. The number of carbonyl (C=O) groups excluding carboxylic acids is 1. The first-order valence-corrected chi connectivity index (χ1v) is 14.6. The highest BCUT2D eigenvalue weighted by Gasteiger charge is 2.49. The first-order valence-electron chi connectivity index (χ1n) is 12.4. The maximum absolute atomic E-state index is 13.9. The molecule has 208 valence electrons. The van der Waals surface area contributed by atoms with Crippen molar-refractivity contribution in [1.29, 1.82) is 0 Å². The quantitative estimate of drug-likeness (QED) is 0.451. The molecular formula is C26H32Cl2N2O7S. The number of hydrogen-bond donors (Lipinski definition) is 1. The van der Waals surface area contributed by atoms with Crippen molar-refractivity contribution >= 4 is 39.1 Å². The van der Waals surface area contributed by atoms with Crippen LogP contribution in [0, 0.1) is 5.92 Å². The van der Waals surface area contributed by atoms with Gasteiger partial charge in [-0.15, -0.1) is 0 Å². The second kappa shape index (κ2) is 12.3. The summed E-state index contributed by atoms with van der Waals surface area (Å²) < 4.78 is 45.6. The SMILES string of the molecule is COc1ccc(OCCN2C[C@H](CCO)[C@H]3CCC[C@@H](C2=O)N3S(=O)(=O)c2cc(Cl)cc(Cl)c2)cc1OC. The van der Waals surface area contributed by atoms with Crippen molar-refractivity contribution in [3.8, 4) is 17.2 Å². The van der Waals surface area contributed by atoms with E-state index in [1.807, 2.05) is 0 Å².